The van der Waals surface area contributed by atoms with Crippen LogP contribution in [0.5, 0.6) is 0 Å². The number of amides is 1. The number of anilines is 1. The minimum Gasteiger partial charge on any atom is -0.480 e. The Hall–Kier alpha value is -1.86. The average Bonchev–Trinajstić information content (AvgIpc) is 2.83. The van der Waals surface area contributed by atoms with Crippen LogP contribution < -0.4 is 4.90 Å². The summed E-state index contributed by atoms with van der Waals surface area (Å²) in [6, 6.07) is 4.39. The number of carboxylic acids is 1. The number of aliphatic carboxylic acids is 1. The van der Waals surface area contributed by atoms with E-state index < -0.39 is 12.5 Å². The molecule has 0 aromatic heterocycles. The molecule has 150 valence electrons. The van der Waals surface area contributed by atoms with E-state index in [1.165, 1.54) is 23.0 Å². The molecule has 0 spiro atoms. The summed E-state index contributed by atoms with van der Waals surface area (Å²) >= 11 is 6.36. The van der Waals surface area contributed by atoms with E-state index in [1.807, 2.05) is 13.0 Å². The first-order valence-corrected chi connectivity index (χ1v) is 10.7. The van der Waals surface area contributed by atoms with E-state index in [9.17, 15) is 9.59 Å². The van der Waals surface area contributed by atoms with Crippen molar-refractivity contribution in [3.8, 4) is 0 Å². The van der Waals surface area contributed by atoms with Gasteiger partial charge in [0.15, 0.2) is 0 Å². The highest BCUT2D eigenvalue weighted by Gasteiger charge is 2.36. The van der Waals surface area contributed by atoms with Gasteiger partial charge in [0, 0.05) is 17.8 Å². The Bertz CT molecular complexity index is 892. The molecular formula is C21H26N2O3S2. The zero-order valence-corrected chi connectivity index (χ0v) is 18.5. The smallest absolute Gasteiger partial charge is 0.323 e. The number of fused-ring (bicyclic) bond motifs is 1. The number of nitrogens with zero attached hydrogens (tertiary/aromatic N) is 2. The number of carboxylic acid groups (broad SMARTS) is 1. The minimum absolute atomic E-state index is 0.106. The first kappa shape index (κ1) is 20.9. The van der Waals surface area contributed by atoms with E-state index in [-0.39, 0.29) is 11.4 Å². The van der Waals surface area contributed by atoms with Crippen LogP contribution in [-0.2, 0) is 9.59 Å². The van der Waals surface area contributed by atoms with Crippen LogP contribution in [0, 0.1) is 6.92 Å². The van der Waals surface area contributed by atoms with Gasteiger partial charge in [0.25, 0.3) is 5.91 Å². The van der Waals surface area contributed by atoms with Gasteiger partial charge in [0.1, 0.15) is 10.9 Å². The summed E-state index contributed by atoms with van der Waals surface area (Å²) < 4.78 is 0.293. The molecule has 1 fully saturated rings. The Morgan fingerprint density at radius 2 is 2.11 bits per heavy atom. The molecule has 28 heavy (non-hydrogen) atoms. The Kier molecular flexibility index (Phi) is 5.60. The lowest BCUT2D eigenvalue weighted by atomic mass is 9.79. The first-order valence-electron chi connectivity index (χ1n) is 9.44. The van der Waals surface area contributed by atoms with E-state index >= 15 is 0 Å². The third-order valence-electron chi connectivity index (χ3n) is 5.54. The van der Waals surface area contributed by atoms with Crippen molar-refractivity contribution in [2.45, 2.75) is 52.5 Å². The highest BCUT2D eigenvalue weighted by atomic mass is 32.2. The molecule has 7 heteroatoms. The lowest BCUT2D eigenvalue weighted by molar-refractivity contribution is -0.140. The molecule has 5 nitrogen and oxygen atoms in total. The number of thiocarbonyl (C=S) groups is 1. The van der Waals surface area contributed by atoms with Crippen molar-refractivity contribution >= 4 is 51.9 Å². The molecule has 1 saturated heterocycles. The van der Waals surface area contributed by atoms with Crippen LogP contribution in [-0.4, -0.2) is 44.8 Å². The summed E-state index contributed by atoms with van der Waals surface area (Å²) in [6.45, 7) is 11.6. The molecule has 0 aliphatic carbocycles. The van der Waals surface area contributed by atoms with Crippen LogP contribution in [0.25, 0.3) is 6.08 Å². The summed E-state index contributed by atoms with van der Waals surface area (Å²) in [5, 5.41) is 8.99. The van der Waals surface area contributed by atoms with Crippen molar-refractivity contribution in [2.75, 3.05) is 18.0 Å². The van der Waals surface area contributed by atoms with Crippen molar-refractivity contribution in [1.82, 2.24) is 4.90 Å². The fourth-order valence-electron chi connectivity index (χ4n) is 4.32. The van der Waals surface area contributed by atoms with Gasteiger partial charge in [-0.25, -0.2) is 0 Å². The zero-order valence-electron chi connectivity index (χ0n) is 16.9. The molecule has 1 aromatic rings. The van der Waals surface area contributed by atoms with Gasteiger partial charge in [-0.2, -0.15) is 0 Å². The molecule has 0 saturated carbocycles. The lowest BCUT2D eigenvalue weighted by Crippen LogP contribution is -2.48. The van der Waals surface area contributed by atoms with Crippen LogP contribution >= 0.6 is 24.0 Å². The van der Waals surface area contributed by atoms with Crippen molar-refractivity contribution in [1.29, 1.82) is 0 Å². The van der Waals surface area contributed by atoms with Gasteiger partial charge in [0.05, 0.1) is 4.91 Å². The molecule has 1 atom stereocenters. The second-order valence-electron chi connectivity index (χ2n) is 8.09. The molecular weight excluding hydrogens is 392 g/mol. The summed E-state index contributed by atoms with van der Waals surface area (Å²) in [5.41, 5.74) is 4.73. The lowest BCUT2D eigenvalue weighted by Gasteiger charge is -2.47. The maximum atomic E-state index is 12.6. The van der Waals surface area contributed by atoms with Gasteiger partial charge in [-0.1, -0.05) is 30.9 Å². The van der Waals surface area contributed by atoms with Gasteiger partial charge in [-0.15, -0.1) is 0 Å². The third kappa shape index (κ3) is 3.70. The van der Waals surface area contributed by atoms with Crippen molar-refractivity contribution in [2.24, 2.45) is 0 Å². The fourth-order valence-corrected chi connectivity index (χ4v) is 5.56. The number of rotatable bonds is 4. The van der Waals surface area contributed by atoms with Crippen molar-refractivity contribution in [3.63, 3.8) is 0 Å². The maximum Gasteiger partial charge on any atom is 0.323 e. The SMILES string of the molecule is CCN1c2cc(C)c(/C=C3/SC(=S)N(CC(=O)O)C3=O)cc2[C@@H](C)CC1(C)C. The van der Waals surface area contributed by atoms with Gasteiger partial charge in [-0.05, 0) is 74.9 Å². The van der Waals surface area contributed by atoms with Gasteiger partial charge < -0.3 is 10.0 Å². The second kappa shape index (κ2) is 7.52. The van der Waals surface area contributed by atoms with Crippen LogP contribution in [0.4, 0.5) is 5.69 Å². The molecule has 0 unspecified atom stereocenters. The number of carbonyl (C=O) groups excluding carboxylic acids is 1. The van der Waals surface area contributed by atoms with E-state index in [1.54, 1.807) is 0 Å². The number of benzene rings is 1. The molecule has 1 aromatic carbocycles. The summed E-state index contributed by atoms with van der Waals surface area (Å²) in [4.78, 5) is 27.6. The van der Waals surface area contributed by atoms with E-state index in [4.69, 9.17) is 17.3 Å². The first-order chi connectivity index (χ1) is 13.0. The fraction of sp³-hybridized carbons (Fsp3) is 0.476. The molecule has 2 aliphatic rings. The van der Waals surface area contributed by atoms with Crippen molar-refractivity contribution < 1.29 is 14.7 Å². The molecule has 1 N–H and O–H groups in total. The standard InChI is InChI=1S/C21H26N2O3S2/c1-6-23-16-7-12(2)14(8-15(16)13(3)10-21(23,4)5)9-17-19(26)22(11-18(24)25)20(27)28-17/h7-9,13H,6,10-11H2,1-5H3,(H,24,25)/b17-9+/t13-/m0/s1. The Labute approximate surface area is 175 Å². The van der Waals surface area contributed by atoms with Crippen LogP contribution in [0.1, 0.15) is 56.7 Å². The monoisotopic (exact) mass is 418 g/mol. The molecule has 0 radical (unpaired) electrons. The number of aryl methyl sites for hydroxylation is 1. The minimum atomic E-state index is -1.07. The quantitative estimate of drug-likeness (QED) is 0.578. The highest BCUT2D eigenvalue weighted by Crippen LogP contribution is 2.44. The normalized spacial score (nSPS) is 22.8. The van der Waals surface area contributed by atoms with E-state index in [2.05, 4.69) is 44.7 Å². The third-order valence-corrected chi connectivity index (χ3v) is 6.92. The molecule has 2 heterocycles. The van der Waals surface area contributed by atoms with Gasteiger partial charge in [0.2, 0.25) is 0 Å². The molecule has 3 rings (SSSR count). The van der Waals surface area contributed by atoms with E-state index in [0.717, 1.165) is 29.0 Å². The van der Waals surface area contributed by atoms with Crippen LogP contribution in [0.2, 0.25) is 0 Å². The van der Waals surface area contributed by atoms with E-state index in [0.29, 0.717) is 15.1 Å². The summed E-state index contributed by atoms with van der Waals surface area (Å²) in [6.07, 6.45) is 2.91. The van der Waals surface area contributed by atoms with Gasteiger partial charge in [-0.3, -0.25) is 14.5 Å². The summed E-state index contributed by atoms with van der Waals surface area (Å²) in [5.74, 6) is -0.987. The Morgan fingerprint density at radius 3 is 2.71 bits per heavy atom. The topological polar surface area (TPSA) is 60.9 Å². The second-order valence-corrected chi connectivity index (χ2v) is 9.77. The maximum absolute atomic E-state index is 12.6. The predicted molar refractivity (Wildman–Crippen MR) is 119 cm³/mol. The highest BCUT2D eigenvalue weighted by molar-refractivity contribution is 8.26. The molecule has 1 amide bonds. The molecule has 0 bridgehead atoms. The number of hydrogen-bond donors (Lipinski definition) is 1. The Balaban J connectivity index is 2.01. The van der Waals surface area contributed by atoms with Crippen molar-refractivity contribution in [3.05, 3.63) is 33.7 Å². The Morgan fingerprint density at radius 1 is 1.43 bits per heavy atom. The van der Waals surface area contributed by atoms with Crippen LogP contribution in [0.3, 0.4) is 0 Å². The molecule has 2 aliphatic heterocycles. The predicted octanol–water partition coefficient (Wildman–Crippen LogP) is 4.39. The number of thioether (sulfide) groups is 1. The van der Waals surface area contributed by atoms with Crippen LogP contribution in [0.15, 0.2) is 17.0 Å². The average molecular weight is 419 g/mol. The number of carbonyl (C=O) groups is 2. The van der Waals surface area contributed by atoms with Gasteiger partial charge >= 0.3 is 5.97 Å². The largest absolute Gasteiger partial charge is 0.480 e. The number of hydrogen-bond acceptors (Lipinski definition) is 5. The zero-order chi connectivity index (χ0) is 20.8. The summed E-state index contributed by atoms with van der Waals surface area (Å²) in [7, 11) is 0.